The van der Waals surface area contributed by atoms with Crippen LogP contribution in [-0.2, 0) is 4.84 Å². The number of H-pyrrole nitrogens is 1. The number of benzene rings is 1. The van der Waals surface area contributed by atoms with Gasteiger partial charge in [0, 0.05) is 19.4 Å². The lowest BCUT2D eigenvalue weighted by molar-refractivity contribution is -0.0757. The van der Waals surface area contributed by atoms with Gasteiger partial charge in [-0.15, -0.1) is 0 Å². The summed E-state index contributed by atoms with van der Waals surface area (Å²) in [6.45, 7) is 0. The molecule has 2 aromatic heterocycles. The van der Waals surface area contributed by atoms with Crippen molar-refractivity contribution in [2.24, 2.45) is 0 Å². The Kier molecular flexibility index (Phi) is 4.64. The van der Waals surface area contributed by atoms with Crippen LogP contribution in [0.4, 0.5) is 0 Å². The molecule has 130 valence electrons. The lowest BCUT2D eigenvalue weighted by Gasteiger charge is -2.13. The van der Waals surface area contributed by atoms with Crippen LogP contribution in [0.1, 0.15) is 15.9 Å². The maximum atomic E-state index is 12.6. The lowest BCUT2D eigenvalue weighted by Crippen LogP contribution is -2.25. The summed E-state index contributed by atoms with van der Waals surface area (Å²) in [6, 6.07) is 11.9. The topological polar surface area (TPSA) is 104 Å². The van der Waals surface area contributed by atoms with E-state index in [9.17, 15) is 9.59 Å². The van der Waals surface area contributed by atoms with E-state index in [0.717, 1.165) is 5.06 Å². The van der Waals surface area contributed by atoms with Gasteiger partial charge in [0.25, 0.3) is 11.5 Å². The average Bonchev–Trinajstić information content (AvgIpc) is 3.08. The highest BCUT2D eigenvalue weighted by atomic mass is 16.7. The largest absolute Gasteiger partial charge is 0.296 e. The van der Waals surface area contributed by atoms with Gasteiger partial charge in [-0.05, 0) is 29.8 Å². The standard InChI is InChI=1S/C18H15N5O3/c1-22(26-2)17(24)14-7-8-16(20-10-14)23-18(25)15(11-21-23)13-5-3-12(9-19)4-6-13/h3-8,10-11,21H,1-2H3. The van der Waals surface area contributed by atoms with Crippen LogP contribution in [0.15, 0.2) is 53.6 Å². The van der Waals surface area contributed by atoms with E-state index in [-0.39, 0.29) is 11.5 Å². The maximum absolute atomic E-state index is 12.6. The van der Waals surface area contributed by atoms with Gasteiger partial charge in [0.1, 0.15) is 0 Å². The van der Waals surface area contributed by atoms with Crippen LogP contribution in [0, 0.1) is 11.3 Å². The van der Waals surface area contributed by atoms with E-state index in [1.165, 1.54) is 25.0 Å². The monoisotopic (exact) mass is 349 g/mol. The summed E-state index contributed by atoms with van der Waals surface area (Å²) < 4.78 is 1.28. The molecular weight excluding hydrogens is 334 g/mol. The predicted molar refractivity (Wildman–Crippen MR) is 93.4 cm³/mol. The Hall–Kier alpha value is -3.70. The highest BCUT2D eigenvalue weighted by Crippen LogP contribution is 2.16. The first-order valence-corrected chi connectivity index (χ1v) is 7.64. The van der Waals surface area contributed by atoms with Crippen molar-refractivity contribution in [3.63, 3.8) is 0 Å². The second-order valence-corrected chi connectivity index (χ2v) is 5.41. The summed E-state index contributed by atoms with van der Waals surface area (Å²) in [5, 5.41) is 12.8. The molecule has 8 heteroatoms. The average molecular weight is 349 g/mol. The molecule has 0 atom stereocenters. The first kappa shape index (κ1) is 17.1. The van der Waals surface area contributed by atoms with E-state index in [4.69, 9.17) is 10.1 Å². The minimum absolute atomic E-state index is 0.282. The van der Waals surface area contributed by atoms with E-state index < -0.39 is 0 Å². The van der Waals surface area contributed by atoms with Gasteiger partial charge in [-0.25, -0.2) is 14.7 Å². The summed E-state index contributed by atoms with van der Waals surface area (Å²) in [4.78, 5) is 33.6. The first-order valence-electron chi connectivity index (χ1n) is 7.64. The summed E-state index contributed by atoms with van der Waals surface area (Å²) in [6.07, 6.45) is 2.95. The quantitative estimate of drug-likeness (QED) is 0.723. The Bertz CT molecular complexity index is 1030. The zero-order chi connectivity index (χ0) is 18.7. The SMILES string of the molecule is CON(C)C(=O)c1ccc(-n2[nH]cc(-c3ccc(C#N)cc3)c2=O)nc1. The molecule has 8 nitrogen and oxygen atoms in total. The molecule has 0 aliphatic heterocycles. The fourth-order valence-electron chi connectivity index (χ4n) is 2.38. The number of pyridine rings is 1. The number of nitrogens with one attached hydrogen (secondary N) is 1. The summed E-state index contributed by atoms with van der Waals surface area (Å²) in [5.74, 6) is 0.00942. The van der Waals surface area contributed by atoms with Crippen molar-refractivity contribution < 1.29 is 9.63 Å². The number of hydroxylamine groups is 2. The molecule has 26 heavy (non-hydrogen) atoms. The maximum Gasteiger partial charge on any atom is 0.280 e. The molecule has 0 radical (unpaired) electrons. The molecule has 0 aliphatic carbocycles. The van der Waals surface area contributed by atoms with Crippen LogP contribution >= 0.6 is 0 Å². The minimum Gasteiger partial charge on any atom is -0.296 e. The Labute approximate surface area is 148 Å². The third-order valence-corrected chi connectivity index (χ3v) is 3.88. The normalized spacial score (nSPS) is 10.3. The highest BCUT2D eigenvalue weighted by molar-refractivity contribution is 5.93. The molecule has 1 aromatic carbocycles. The zero-order valence-electron chi connectivity index (χ0n) is 14.1. The fraction of sp³-hybridized carbons (Fsp3) is 0.111. The van der Waals surface area contributed by atoms with Gasteiger partial charge in [0.15, 0.2) is 5.82 Å². The molecular formula is C18H15N5O3. The summed E-state index contributed by atoms with van der Waals surface area (Å²) >= 11 is 0. The van der Waals surface area contributed by atoms with Crippen molar-refractivity contribution in [3.05, 3.63) is 70.3 Å². The third kappa shape index (κ3) is 3.11. The van der Waals surface area contributed by atoms with Crippen LogP contribution in [0.5, 0.6) is 0 Å². The Morgan fingerprint density at radius 3 is 2.58 bits per heavy atom. The molecule has 2 heterocycles. The molecule has 1 N–H and O–H groups in total. The van der Waals surface area contributed by atoms with Crippen molar-refractivity contribution in [2.75, 3.05) is 14.2 Å². The van der Waals surface area contributed by atoms with Gasteiger partial charge in [-0.2, -0.15) is 5.26 Å². The molecule has 0 saturated carbocycles. The van der Waals surface area contributed by atoms with Crippen LogP contribution in [0.3, 0.4) is 0 Å². The molecule has 1 amide bonds. The number of hydrogen-bond donors (Lipinski definition) is 1. The predicted octanol–water partition coefficient (Wildman–Crippen LogP) is 1.73. The molecule has 3 aromatic rings. The fourth-order valence-corrected chi connectivity index (χ4v) is 2.38. The lowest BCUT2D eigenvalue weighted by atomic mass is 10.1. The highest BCUT2D eigenvalue weighted by Gasteiger charge is 2.14. The Balaban J connectivity index is 1.91. The zero-order valence-corrected chi connectivity index (χ0v) is 14.1. The molecule has 3 rings (SSSR count). The van der Waals surface area contributed by atoms with Crippen molar-refractivity contribution >= 4 is 5.91 Å². The number of rotatable bonds is 4. The van der Waals surface area contributed by atoms with Crippen LogP contribution < -0.4 is 5.56 Å². The molecule has 0 unspecified atom stereocenters. The smallest absolute Gasteiger partial charge is 0.280 e. The molecule has 0 fully saturated rings. The van der Waals surface area contributed by atoms with Crippen LogP contribution in [0.25, 0.3) is 16.9 Å². The third-order valence-electron chi connectivity index (χ3n) is 3.88. The van der Waals surface area contributed by atoms with Gasteiger partial charge in [-0.1, -0.05) is 12.1 Å². The van der Waals surface area contributed by atoms with E-state index >= 15 is 0 Å². The van der Waals surface area contributed by atoms with Gasteiger partial charge in [0.05, 0.1) is 29.9 Å². The van der Waals surface area contributed by atoms with Crippen LogP contribution in [0.2, 0.25) is 0 Å². The van der Waals surface area contributed by atoms with Crippen LogP contribution in [-0.4, -0.2) is 39.9 Å². The number of nitriles is 1. The van der Waals surface area contributed by atoms with Crippen molar-refractivity contribution in [1.82, 2.24) is 19.8 Å². The Morgan fingerprint density at radius 1 is 1.27 bits per heavy atom. The Morgan fingerprint density at radius 2 is 2.00 bits per heavy atom. The number of aromatic amines is 1. The molecule has 0 bridgehead atoms. The number of hydrogen-bond acceptors (Lipinski definition) is 5. The summed E-state index contributed by atoms with van der Waals surface area (Å²) in [7, 11) is 2.89. The van der Waals surface area contributed by atoms with Gasteiger partial charge in [0.2, 0.25) is 0 Å². The minimum atomic E-state index is -0.344. The van der Waals surface area contributed by atoms with Crippen molar-refractivity contribution in [2.45, 2.75) is 0 Å². The summed E-state index contributed by atoms with van der Waals surface area (Å²) in [5.41, 5.74) is 1.72. The molecule has 0 spiro atoms. The van der Waals surface area contributed by atoms with E-state index in [2.05, 4.69) is 10.1 Å². The van der Waals surface area contributed by atoms with E-state index in [1.54, 1.807) is 42.6 Å². The van der Waals surface area contributed by atoms with Gasteiger partial charge < -0.3 is 0 Å². The number of nitrogens with zero attached hydrogens (tertiary/aromatic N) is 4. The van der Waals surface area contributed by atoms with E-state index in [0.29, 0.717) is 28.1 Å². The second-order valence-electron chi connectivity index (χ2n) is 5.41. The number of amides is 1. The number of carbonyl (C=O) groups excluding carboxylic acids is 1. The number of carbonyl (C=O) groups is 1. The van der Waals surface area contributed by atoms with E-state index in [1.807, 2.05) is 6.07 Å². The molecule has 0 aliphatic rings. The second kappa shape index (κ2) is 7.04. The van der Waals surface area contributed by atoms with Crippen molar-refractivity contribution in [3.8, 4) is 23.0 Å². The molecule has 0 saturated heterocycles. The van der Waals surface area contributed by atoms with Gasteiger partial charge >= 0.3 is 0 Å². The first-order chi connectivity index (χ1) is 12.5. The van der Waals surface area contributed by atoms with Gasteiger partial charge in [-0.3, -0.25) is 19.5 Å². The number of aromatic nitrogens is 3. The van der Waals surface area contributed by atoms with Crippen molar-refractivity contribution in [1.29, 1.82) is 5.26 Å².